The minimum atomic E-state index is -0.0580. The molecule has 1 aromatic rings. The molecule has 1 fully saturated rings. The second-order valence-electron chi connectivity index (χ2n) is 3.32. The van der Waals surface area contributed by atoms with E-state index in [-0.39, 0.29) is 11.9 Å². The van der Waals surface area contributed by atoms with Gasteiger partial charge < -0.3 is 10.3 Å². The van der Waals surface area contributed by atoms with Gasteiger partial charge in [-0.15, -0.1) is 0 Å². The predicted molar refractivity (Wildman–Crippen MR) is 49.8 cm³/mol. The summed E-state index contributed by atoms with van der Waals surface area (Å²) in [4.78, 5) is 13.2. The average Bonchev–Trinajstić information content (AvgIpc) is 2.71. The summed E-state index contributed by atoms with van der Waals surface area (Å²) >= 11 is 0. The summed E-state index contributed by atoms with van der Waals surface area (Å²) < 4.78 is 1.82. The van der Waals surface area contributed by atoms with Gasteiger partial charge in [0.15, 0.2) is 0 Å². The van der Waals surface area contributed by atoms with Crippen molar-refractivity contribution in [3.8, 4) is 0 Å². The van der Waals surface area contributed by atoms with Crippen LogP contribution in [0.3, 0.4) is 0 Å². The van der Waals surface area contributed by atoms with Crippen molar-refractivity contribution in [2.45, 2.75) is 12.5 Å². The minimum Gasteiger partial charge on any atom is -0.344 e. The Morgan fingerprint density at radius 2 is 2.15 bits per heavy atom. The van der Waals surface area contributed by atoms with Crippen LogP contribution in [0.2, 0.25) is 0 Å². The van der Waals surface area contributed by atoms with Crippen molar-refractivity contribution < 1.29 is 4.79 Å². The Morgan fingerprint density at radius 1 is 1.46 bits per heavy atom. The Morgan fingerprint density at radius 3 is 2.69 bits per heavy atom. The number of nitrogens with zero attached hydrogens (tertiary/aromatic N) is 2. The van der Waals surface area contributed by atoms with E-state index in [2.05, 4.69) is 5.43 Å². The molecule has 0 bridgehead atoms. The topological polar surface area (TPSA) is 37.3 Å². The summed E-state index contributed by atoms with van der Waals surface area (Å²) in [7, 11) is 1.83. The van der Waals surface area contributed by atoms with Crippen molar-refractivity contribution in [2.24, 2.45) is 0 Å². The molecular weight excluding hydrogens is 166 g/mol. The number of rotatable bonds is 2. The molecule has 1 unspecified atom stereocenters. The van der Waals surface area contributed by atoms with Crippen LogP contribution in [0, 0.1) is 0 Å². The second kappa shape index (κ2) is 3.12. The number of carbonyl (C=O) groups excluding carboxylic acids is 1. The lowest BCUT2D eigenvalue weighted by Gasteiger charge is -2.13. The van der Waals surface area contributed by atoms with Crippen LogP contribution in [-0.4, -0.2) is 35.1 Å². The fourth-order valence-electron chi connectivity index (χ4n) is 1.54. The van der Waals surface area contributed by atoms with E-state index >= 15 is 0 Å². The molecule has 1 atom stereocenters. The summed E-state index contributed by atoms with van der Waals surface area (Å²) in [6.07, 6.45) is 4.67. The van der Waals surface area contributed by atoms with Gasteiger partial charge in [0.2, 0.25) is 5.91 Å². The van der Waals surface area contributed by atoms with Crippen LogP contribution in [0.15, 0.2) is 24.5 Å². The second-order valence-corrected chi connectivity index (χ2v) is 3.32. The largest absolute Gasteiger partial charge is 0.344 e. The van der Waals surface area contributed by atoms with Crippen molar-refractivity contribution in [3.63, 3.8) is 0 Å². The molecule has 70 valence electrons. The first-order valence-corrected chi connectivity index (χ1v) is 4.42. The Balaban J connectivity index is 2.00. The molecule has 0 saturated carbocycles. The zero-order chi connectivity index (χ0) is 9.26. The zero-order valence-electron chi connectivity index (χ0n) is 7.60. The van der Waals surface area contributed by atoms with E-state index in [1.165, 1.54) is 0 Å². The van der Waals surface area contributed by atoms with Gasteiger partial charge in [-0.05, 0) is 18.6 Å². The van der Waals surface area contributed by atoms with E-state index in [1.54, 1.807) is 4.90 Å². The fraction of sp³-hybridized carbons (Fsp3) is 0.444. The van der Waals surface area contributed by atoms with Crippen molar-refractivity contribution >= 4 is 5.91 Å². The van der Waals surface area contributed by atoms with Crippen LogP contribution < -0.4 is 5.43 Å². The molecule has 13 heavy (non-hydrogen) atoms. The van der Waals surface area contributed by atoms with Crippen molar-refractivity contribution in [3.05, 3.63) is 24.5 Å². The summed E-state index contributed by atoms with van der Waals surface area (Å²) in [6, 6.07) is 3.80. The monoisotopic (exact) mass is 179 g/mol. The number of carbonyl (C=O) groups is 1. The normalized spacial score (nSPS) is 22.4. The summed E-state index contributed by atoms with van der Waals surface area (Å²) in [5.74, 6) is 0.175. The molecule has 1 aliphatic heterocycles. The number of aromatic nitrogens is 1. The predicted octanol–water partition coefficient (Wildman–Crippen LogP) is 0.262. The Labute approximate surface area is 77.1 Å². The maximum atomic E-state index is 11.5. The SMILES string of the molecule is CN1CCC(Nn2cccc2)C1=O. The Bertz CT molecular complexity index is 294. The highest BCUT2D eigenvalue weighted by atomic mass is 16.2. The number of nitrogens with one attached hydrogen (secondary N) is 1. The average molecular weight is 179 g/mol. The first-order valence-electron chi connectivity index (χ1n) is 4.42. The van der Waals surface area contributed by atoms with Gasteiger partial charge in [-0.2, -0.15) is 0 Å². The number of likely N-dealkylation sites (N-methyl/N-ethyl adjacent to an activating group) is 1. The van der Waals surface area contributed by atoms with Gasteiger partial charge >= 0.3 is 0 Å². The third-order valence-electron chi connectivity index (χ3n) is 2.34. The van der Waals surface area contributed by atoms with Crippen LogP contribution in [0.4, 0.5) is 0 Å². The highest BCUT2D eigenvalue weighted by Crippen LogP contribution is 2.09. The number of hydrogen-bond donors (Lipinski definition) is 1. The number of amides is 1. The number of likely N-dealkylation sites (tertiary alicyclic amines) is 1. The van der Waals surface area contributed by atoms with Gasteiger partial charge in [-0.1, -0.05) is 0 Å². The molecule has 4 nitrogen and oxygen atoms in total. The lowest BCUT2D eigenvalue weighted by atomic mass is 10.3. The van der Waals surface area contributed by atoms with E-state index in [9.17, 15) is 4.79 Å². The molecule has 2 heterocycles. The van der Waals surface area contributed by atoms with Crippen LogP contribution in [-0.2, 0) is 4.79 Å². The molecule has 0 aromatic carbocycles. The third-order valence-corrected chi connectivity index (χ3v) is 2.34. The first-order chi connectivity index (χ1) is 6.27. The van der Waals surface area contributed by atoms with Crippen molar-refractivity contribution in [2.75, 3.05) is 19.0 Å². The van der Waals surface area contributed by atoms with Gasteiger partial charge in [0, 0.05) is 26.0 Å². The highest BCUT2D eigenvalue weighted by molar-refractivity contribution is 5.84. The first kappa shape index (κ1) is 8.16. The Kier molecular flexibility index (Phi) is 1.96. The third kappa shape index (κ3) is 1.52. The Hall–Kier alpha value is -1.45. The molecular formula is C9H13N3O. The molecule has 1 N–H and O–H groups in total. The standard InChI is InChI=1S/C9H13N3O/c1-11-7-4-8(9(11)13)10-12-5-2-3-6-12/h2-3,5-6,8,10H,4,7H2,1H3. The van der Waals surface area contributed by atoms with Crippen LogP contribution in [0.25, 0.3) is 0 Å². The van der Waals surface area contributed by atoms with Crippen molar-refractivity contribution in [1.82, 2.24) is 9.58 Å². The van der Waals surface area contributed by atoms with Crippen LogP contribution in [0.1, 0.15) is 6.42 Å². The molecule has 1 aliphatic rings. The molecule has 0 aliphatic carbocycles. The molecule has 0 spiro atoms. The maximum absolute atomic E-state index is 11.5. The van der Waals surface area contributed by atoms with Gasteiger partial charge in [0.05, 0.1) is 0 Å². The van der Waals surface area contributed by atoms with Gasteiger partial charge in [0.25, 0.3) is 0 Å². The highest BCUT2D eigenvalue weighted by Gasteiger charge is 2.28. The van der Waals surface area contributed by atoms with Crippen LogP contribution >= 0.6 is 0 Å². The smallest absolute Gasteiger partial charge is 0.246 e. The van der Waals surface area contributed by atoms with Gasteiger partial charge in [0.1, 0.15) is 6.04 Å². The summed E-state index contributed by atoms with van der Waals surface area (Å²) in [5, 5.41) is 0. The van der Waals surface area contributed by atoms with E-state index in [0.717, 1.165) is 13.0 Å². The molecule has 0 radical (unpaired) electrons. The van der Waals surface area contributed by atoms with E-state index in [0.29, 0.717) is 0 Å². The fourth-order valence-corrected chi connectivity index (χ4v) is 1.54. The molecule has 2 rings (SSSR count). The molecule has 1 saturated heterocycles. The van der Waals surface area contributed by atoms with Crippen LogP contribution in [0.5, 0.6) is 0 Å². The summed E-state index contributed by atoms with van der Waals surface area (Å²) in [6.45, 7) is 0.845. The van der Waals surface area contributed by atoms with E-state index < -0.39 is 0 Å². The van der Waals surface area contributed by atoms with E-state index in [4.69, 9.17) is 0 Å². The molecule has 1 aromatic heterocycles. The lowest BCUT2D eigenvalue weighted by molar-refractivity contribution is -0.127. The zero-order valence-corrected chi connectivity index (χ0v) is 7.60. The number of hydrogen-bond acceptors (Lipinski definition) is 2. The quantitative estimate of drug-likeness (QED) is 0.707. The summed E-state index contributed by atoms with van der Waals surface area (Å²) in [5.41, 5.74) is 3.13. The van der Waals surface area contributed by atoms with Gasteiger partial charge in [-0.25, -0.2) is 0 Å². The molecule has 1 amide bonds. The van der Waals surface area contributed by atoms with Crippen molar-refractivity contribution in [1.29, 1.82) is 0 Å². The van der Waals surface area contributed by atoms with E-state index in [1.807, 2.05) is 36.3 Å². The molecule has 4 heteroatoms. The van der Waals surface area contributed by atoms with Gasteiger partial charge in [-0.3, -0.25) is 9.47 Å². The lowest BCUT2D eigenvalue weighted by Crippen LogP contribution is -2.34. The minimum absolute atomic E-state index is 0.0580. The maximum Gasteiger partial charge on any atom is 0.246 e.